The number of nitriles is 1. The molecule has 90 valence electrons. The zero-order chi connectivity index (χ0) is 13.1. The van der Waals surface area contributed by atoms with Gasteiger partial charge in [0.25, 0.3) is 5.91 Å². The summed E-state index contributed by atoms with van der Waals surface area (Å²) in [6.07, 6.45) is 0. The Morgan fingerprint density at radius 1 is 1.56 bits per heavy atom. The number of hydrogen-bond donors (Lipinski definition) is 1. The van der Waals surface area contributed by atoms with Crippen molar-refractivity contribution in [3.05, 3.63) is 40.2 Å². The Balaban J connectivity index is 2.23. The first-order valence-electron chi connectivity index (χ1n) is 4.92. The number of nitrogens with zero attached hydrogens (tertiary/aromatic N) is 3. The lowest BCUT2D eigenvalue weighted by molar-refractivity contribution is 0.102. The molecule has 0 atom stereocenters. The Bertz CT molecular complexity index is 647. The fourth-order valence-electron chi connectivity index (χ4n) is 1.30. The second-order valence-corrected chi connectivity index (χ2v) is 4.20. The molecule has 7 heteroatoms. The summed E-state index contributed by atoms with van der Waals surface area (Å²) in [6, 6.07) is 5.65. The number of halogens is 1. The van der Waals surface area contributed by atoms with Gasteiger partial charge in [-0.25, -0.2) is 4.39 Å². The zero-order valence-electron chi connectivity index (χ0n) is 9.27. The van der Waals surface area contributed by atoms with Gasteiger partial charge >= 0.3 is 0 Å². The van der Waals surface area contributed by atoms with E-state index in [0.29, 0.717) is 10.6 Å². The van der Waals surface area contributed by atoms with Crippen molar-refractivity contribution < 1.29 is 9.18 Å². The van der Waals surface area contributed by atoms with Crippen LogP contribution in [0.15, 0.2) is 18.2 Å². The molecule has 1 aromatic heterocycles. The van der Waals surface area contributed by atoms with Crippen molar-refractivity contribution in [2.24, 2.45) is 0 Å². The van der Waals surface area contributed by atoms with Crippen molar-refractivity contribution in [1.82, 2.24) is 9.59 Å². The Morgan fingerprint density at radius 2 is 2.33 bits per heavy atom. The van der Waals surface area contributed by atoms with Crippen LogP contribution in [0.4, 0.5) is 10.1 Å². The molecule has 0 fully saturated rings. The van der Waals surface area contributed by atoms with Crippen molar-refractivity contribution in [3.8, 4) is 6.07 Å². The Kier molecular flexibility index (Phi) is 3.30. The maximum Gasteiger partial charge on any atom is 0.269 e. The number of anilines is 1. The maximum atomic E-state index is 13.5. The number of rotatable bonds is 2. The zero-order valence-corrected chi connectivity index (χ0v) is 10.1. The third-order valence-corrected chi connectivity index (χ3v) is 3.03. The second-order valence-electron chi connectivity index (χ2n) is 3.45. The molecular formula is C11H7FN4OS. The predicted molar refractivity (Wildman–Crippen MR) is 63.7 cm³/mol. The third-order valence-electron chi connectivity index (χ3n) is 2.20. The van der Waals surface area contributed by atoms with E-state index in [1.165, 1.54) is 12.1 Å². The molecule has 1 N–H and O–H groups in total. The average Bonchev–Trinajstić information content (AvgIpc) is 2.78. The van der Waals surface area contributed by atoms with Crippen LogP contribution in [0, 0.1) is 24.1 Å². The normalized spacial score (nSPS) is 9.83. The molecule has 2 aromatic rings. The van der Waals surface area contributed by atoms with Gasteiger partial charge in [0.1, 0.15) is 10.7 Å². The van der Waals surface area contributed by atoms with Gasteiger partial charge in [-0.3, -0.25) is 4.79 Å². The highest BCUT2D eigenvalue weighted by Crippen LogP contribution is 2.18. The fourth-order valence-corrected chi connectivity index (χ4v) is 1.86. The van der Waals surface area contributed by atoms with Crippen LogP contribution in [0.2, 0.25) is 0 Å². The molecule has 0 saturated heterocycles. The number of aryl methyl sites for hydroxylation is 1. The minimum absolute atomic E-state index is 0.0202. The summed E-state index contributed by atoms with van der Waals surface area (Å²) in [6.45, 7) is 1.65. The Hall–Kier alpha value is -2.33. The van der Waals surface area contributed by atoms with Crippen molar-refractivity contribution in [3.63, 3.8) is 0 Å². The molecule has 18 heavy (non-hydrogen) atoms. The van der Waals surface area contributed by atoms with E-state index in [2.05, 4.69) is 14.9 Å². The molecule has 0 aliphatic heterocycles. The lowest BCUT2D eigenvalue weighted by Gasteiger charge is -2.05. The van der Waals surface area contributed by atoms with E-state index in [1.807, 2.05) is 6.07 Å². The van der Waals surface area contributed by atoms with E-state index in [0.717, 1.165) is 17.6 Å². The van der Waals surface area contributed by atoms with Crippen LogP contribution >= 0.6 is 11.5 Å². The fraction of sp³-hybridized carbons (Fsp3) is 0.0909. The number of hydrogen-bond acceptors (Lipinski definition) is 5. The SMILES string of the molecule is Cc1nnsc1C(=O)Nc1ccc(C#N)cc1F. The van der Waals surface area contributed by atoms with Crippen molar-refractivity contribution in [1.29, 1.82) is 5.26 Å². The number of aromatic nitrogens is 2. The Morgan fingerprint density at radius 3 is 2.89 bits per heavy atom. The first-order valence-corrected chi connectivity index (χ1v) is 5.69. The lowest BCUT2D eigenvalue weighted by Crippen LogP contribution is -2.12. The van der Waals surface area contributed by atoms with Crippen molar-refractivity contribution in [2.75, 3.05) is 5.32 Å². The van der Waals surface area contributed by atoms with Crippen LogP contribution < -0.4 is 5.32 Å². The van der Waals surface area contributed by atoms with E-state index >= 15 is 0 Å². The summed E-state index contributed by atoms with van der Waals surface area (Å²) in [5.41, 5.74) is 0.708. The van der Waals surface area contributed by atoms with E-state index < -0.39 is 11.7 Å². The highest BCUT2D eigenvalue weighted by atomic mass is 32.1. The topological polar surface area (TPSA) is 78.7 Å². The van der Waals surface area contributed by atoms with Crippen LogP contribution in [-0.4, -0.2) is 15.5 Å². The number of carbonyl (C=O) groups excluding carboxylic acids is 1. The van der Waals surface area contributed by atoms with Gasteiger partial charge in [-0.2, -0.15) is 5.26 Å². The average molecular weight is 262 g/mol. The summed E-state index contributed by atoms with van der Waals surface area (Å²) in [5.74, 6) is -1.12. The van der Waals surface area contributed by atoms with Gasteiger partial charge in [0.15, 0.2) is 0 Å². The summed E-state index contributed by atoms with van der Waals surface area (Å²) < 4.78 is 17.2. The molecule has 5 nitrogen and oxygen atoms in total. The third kappa shape index (κ3) is 2.33. The number of amides is 1. The quantitative estimate of drug-likeness (QED) is 0.899. The summed E-state index contributed by atoms with van der Waals surface area (Å²) in [5, 5.41) is 14.7. The monoisotopic (exact) mass is 262 g/mol. The van der Waals surface area contributed by atoms with Crippen molar-refractivity contribution in [2.45, 2.75) is 6.92 Å². The van der Waals surface area contributed by atoms with Crippen LogP contribution in [0.1, 0.15) is 20.9 Å². The molecule has 0 bridgehead atoms. The number of benzene rings is 1. The van der Waals surface area contributed by atoms with Crippen molar-refractivity contribution >= 4 is 23.1 Å². The molecule has 0 unspecified atom stereocenters. The standard InChI is InChI=1S/C11H7FN4OS/c1-6-10(18-16-15-6)11(17)14-9-3-2-7(5-13)4-8(9)12/h2-4H,1H3,(H,14,17). The van der Waals surface area contributed by atoms with Gasteiger partial charge in [0.2, 0.25) is 0 Å². The molecule has 0 aliphatic rings. The Labute approximate surface area is 106 Å². The minimum atomic E-state index is -0.655. The number of carbonyl (C=O) groups is 1. The minimum Gasteiger partial charge on any atom is -0.319 e. The van der Waals surface area contributed by atoms with Crippen LogP contribution in [0.3, 0.4) is 0 Å². The first-order chi connectivity index (χ1) is 8.61. The van der Waals surface area contributed by atoms with E-state index in [-0.39, 0.29) is 11.3 Å². The van der Waals surface area contributed by atoms with Gasteiger partial charge in [-0.1, -0.05) is 4.49 Å². The van der Waals surface area contributed by atoms with Crippen LogP contribution in [-0.2, 0) is 0 Å². The summed E-state index contributed by atoms with van der Waals surface area (Å²) >= 11 is 0.942. The second kappa shape index (κ2) is 4.89. The van der Waals surface area contributed by atoms with Gasteiger partial charge in [-0.15, -0.1) is 5.10 Å². The molecule has 0 saturated carbocycles. The molecular weight excluding hydrogens is 255 g/mol. The highest BCUT2D eigenvalue weighted by Gasteiger charge is 2.15. The molecule has 0 spiro atoms. The number of nitrogens with one attached hydrogen (secondary N) is 1. The molecule has 1 aromatic carbocycles. The largest absolute Gasteiger partial charge is 0.319 e. The smallest absolute Gasteiger partial charge is 0.269 e. The summed E-state index contributed by atoms with van der Waals surface area (Å²) in [7, 11) is 0. The molecule has 0 aliphatic carbocycles. The van der Waals surface area contributed by atoms with Gasteiger partial charge in [0.05, 0.1) is 23.0 Å². The van der Waals surface area contributed by atoms with E-state index in [1.54, 1.807) is 6.92 Å². The predicted octanol–water partition coefficient (Wildman–Crippen LogP) is 2.11. The van der Waals surface area contributed by atoms with Gasteiger partial charge in [0, 0.05) is 0 Å². The lowest BCUT2D eigenvalue weighted by atomic mass is 10.2. The maximum absolute atomic E-state index is 13.5. The first kappa shape index (κ1) is 12.1. The molecule has 0 radical (unpaired) electrons. The molecule has 2 rings (SSSR count). The van der Waals surface area contributed by atoms with E-state index in [9.17, 15) is 9.18 Å². The van der Waals surface area contributed by atoms with Gasteiger partial charge in [-0.05, 0) is 36.7 Å². The van der Waals surface area contributed by atoms with Gasteiger partial charge < -0.3 is 5.32 Å². The molecule has 1 amide bonds. The van der Waals surface area contributed by atoms with E-state index in [4.69, 9.17) is 5.26 Å². The summed E-state index contributed by atoms with van der Waals surface area (Å²) in [4.78, 5) is 12.1. The van der Waals surface area contributed by atoms with Crippen LogP contribution in [0.25, 0.3) is 0 Å². The molecule has 1 heterocycles. The highest BCUT2D eigenvalue weighted by molar-refractivity contribution is 7.08. The van der Waals surface area contributed by atoms with Crippen LogP contribution in [0.5, 0.6) is 0 Å².